The molecule has 0 aliphatic heterocycles. The first-order chi connectivity index (χ1) is 4.72. The maximum absolute atomic E-state index is 10.6. The van der Waals surface area contributed by atoms with Gasteiger partial charge in [0, 0.05) is 0 Å². The summed E-state index contributed by atoms with van der Waals surface area (Å²) in [6.07, 6.45) is 1.27. The monoisotopic (exact) mass is 138 g/mol. The molecule has 1 N–H and O–H groups in total. The van der Waals surface area contributed by atoms with E-state index in [2.05, 4.69) is 4.42 Å². The number of hydrogen-bond acceptors (Lipinski definition) is 3. The van der Waals surface area contributed by atoms with Crippen LogP contribution < -0.4 is 5.73 Å². The van der Waals surface area contributed by atoms with Gasteiger partial charge in [-0.05, 0) is 12.1 Å². The van der Waals surface area contributed by atoms with Gasteiger partial charge in [-0.1, -0.05) is 0 Å². The van der Waals surface area contributed by atoms with Crippen LogP contribution in [0.2, 0.25) is 0 Å². The van der Waals surface area contributed by atoms with Crippen molar-refractivity contribution in [1.82, 2.24) is 5.73 Å². The molecule has 0 unspecified atom stereocenters. The molecule has 0 aromatic carbocycles. The van der Waals surface area contributed by atoms with Crippen LogP contribution in [0.1, 0.15) is 10.6 Å². The average Bonchev–Trinajstić information content (AvgIpc) is 2.36. The molecule has 1 heterocycles. The molecule has 0 saturated heterocycles. The Labute approximate surface area is 56.6 Å². The third kappa shape index (κ3) is 1.05. The second kappa shape index (κ2) is 2.34. The molecule has 1 aromatic heterocycles. The lowest BCUT2D eigenvalue weighted by molar-refractivity contribution is -0.114. The zero-order valence-electron chi connectivity index (χ0n) is 4.96. The van der Waals surface area contributed by atoms with Gasteiger partial charge in [0.1, 0.15) is 0 Å². The summed E-state index contributed by atoms with van der Waals surface area (Å²) in [7, 11) is 0. The number of amides is 1. The summed E-state index contributed by atoms with van der Waals surface area (Å²) in [4.78, 5) is 20.7. The Bertz CT molecular complexity index is 250. The maximum Gasteiger partial charge on any atom is 0.314 e. The third-order valence-electron chi connectivity index (χ3n) is 0.951. The van der Waals surface area contributed by atoms with E-state index in [4.69, 9.17) is 5.73 Å². The van der Waals surface area contributed by atoms with Gasteiger partial charge < -0.3 is 4.42 Å². The van der Waals surface area contributed by atoms with Crippen molar-refractivity contribution in [2.24, 2.45) is 0 Å². The molecule has 0 saturated carbocycles. The lowest BCUT2D eigenvalue weighted by atomic mass is 10.3. The van der Waals surface area contributed by atoms with Crippen LogP contribution in [0.3, 0.4) is 0 Å². The molecule has 1 aromatic rings. The maximum atomic E-state index is 10.6. The molecule has 1 amide bonds. The highest BCUT2D eigenvalue weighted by molar-refractivity contribution is 6.41. The van der Waals surface area contributed by atoms with E-state index in [1.54, 1.807) is 0 Å². The summed E-state index contributed by atoms with van der Waals surface area (Å²) < 4.78 is 4.57. The fraction of sp³-hybridized carbons (Fsp3) is 0. The topological polar surface area (TPSA) is 71.1 Å². The van der Waals surface area contributed by atoms with Crippen molar-refractivity contribution in [3.8, 4) is 0 Å². The zero-order valence-corrected chi connectivity index (χ0v) is 4.96. The van der Waals surface area contributed by atoms with Crippen molar-refractivity contribution in [3.05, 3.63) is 24.2 Å². The van der Waals surface area contributed by atoms with Gasteiger partial charge in [-0.15, -0.1) is 0 Å². The lowest BCUT2D eigenvalue weighted by Gasteiger charge is -1.84. The molecule has 4 heteroatoms. The summed E-state index contributed by atoms with van der Waals surface area (Å²) >= 11 is 0. The average molecular weight is 138 g/mol. The van der Waals surface area contributed by atoms with Gasteiger partial charge >= 0.3 is 5.91 Å². The first-order valence-electron chi connectivity index (χ1n) is 2.55. The summed E-state index contributed by atoms with van der Waals surface area (Å²) in [5.41, 5.74) is 6.41. The van der Waals surface area contributed by atoms with Gasteiger partial charge in [0.2, 0.25) is 0 Å². The Morgan fingerprint density at radius 3 is 2.60 bits per heavy atom. The molecule has 1 rings (SSSR count). The second-order valence-corrected chi connectivity index (χ2v) is 1.64. The first kappa shape index (κ1) is 6.54. The van der Waals surface area contributed by atoms with Crippen molar-refractivity contribution >= 4 is 11.7 Å². The van der Waals surface area contributed by atoms with E-state index in [1.165, 1.54) is 18.4 Å². The molecule has 0 aliphatic carbocycles. The molecule has 51 valence electrons. The van der Waals surface area contributed by atoms with E-state index in [0.29, 0.717) is 0 Å². The Morgan fingerprint density at radius 2 is 2.20 bits per heavy atom. The van der Waals surface area contributed by atoms with E-state index in [9.17, 15) is 9.59 Å². The minimum absolute atomic E-state index is 0.0833. The van der Waals surface area contributed by atoms with Crippen LogP contribution >= 0.6 is 0 Å². The largest absolute Gasteiger partial charge is 0.461 e. The van der Waals surface area contributed by atoms with E-state index in [-0.39, 0.29) is 5.76 Å². The molecule has 0 spiro atoms. The Hall–Kier alpha value is -1.58. The van der Waals surface area contributed by atoms with Gasteiger partial charge in [-0.2, -0.15) is 0 Å². The summed E-state index contributed by atoms with van der Waals surface area (Å²) in [5, 5.41) is 0. The van der Waals surface area contributed by atoms with Crippen molar-refractivity contribution < 1.29 is 14.0 Å². The molecular weight excluding hydrogens is 134 g/mol. The predicted octanol–water partition coefficient (Wildman–Crippen LogP) is 0.272. The molecular formula is C6H4NO3. The third-order valence-corrected chi connectivity index (χ3v) is 0.951. The molecule has 0 aliphatic rings. The number of rotatable bonds is 2. The van der Waals surface area contributed by atoms with Crippen molar-refractivity contribution in [2.75, 3.05) is 0 Å². The smallest absolute Gasteiger partial charge is 0.314 e. The second-order valence-electron chi connectivity index (χ2n) is 1.64. The Morgan fingerprint density at radius 1 is 1.50 bits per heavy atom. The van der Waals surface area contributed by atoms with E-state index >= 15 is 0 Å². The highest BCUT2D eigenvalue weighted by Crippen LogP contribution is 1.99. The first-order valence-corrected chi connectivity index (χ1v) is 2.55. The lowest BCUT2D eigenvalue weighted by Crippen LogP contribution is -2.13. The minimum Gasteiger partial charge on any atom is -0.461 e. The van der Waals surface area contributed by atoms with Crippen molar-refractivity contribution in [1.29, 1.82) is 0 Å². The van der Waals surface area contributed by atoms with Crippen LogP contribution in [-0.2, 0) is 4.79 Å². The Balaban J connectivity index is 2.88. The van der Waals surface area contributed by atoms with Crippen LogP contribution in [-0.4, -0.2) is 11.7 Å². The minimum atomic E-state index is -1.25. The number of carbonyl (C=O) groups excluding carboxylic acids is 2. The summed E-state index contributed by atoms with van der Waals surface area (Å²) in [6, 6.07) is 2.82. The zero-order chi connectivity index (χ0) is 7.56. The van der Waals surface area contributed by atoms with Crippen LogP contribution in [0.25, 0.3) is 0 Å². The van der Waals surface area contributed by atoms with Crippen molar-refractivity contribution in [3.63, 3.8) is 0 Å². The number of Topliss-reactive ketones (excluding diaryl/α,β-unsaturated/α-hetero) is 1. The SMILES string of the molecule is [NH]C(=O)C(=O)c1ccco1. The highest BCUT2D eigenvalue weighted by Gasteiger charge is 2.14. The summed E-state index contributed by atoms with van der Waals surface area (Å²) in [6.45, 7) is 0. The fourth-order valence-corrected chi connectivity index (χ4v) is 0.520. The number of nitrogens with one attached hydrogen (secondary N) is 1. The van der Waals surface area contributed by atoms with E-state index < -0.39 is 11.7 Å². The van der Waals surface area contributed by atoms with E-state index in [0.717, 1.165) is 0 Å². The molecule has 0 atom stereocenters. The standard InChI is InChI=1S/C6H4NO3/c7-6(9)5(8)4-2-1-3-10-4/h1-3,7H. The molecule has 10 heavy (non-hydrogen) atoms. The molecule has 1 radical (unpaired) electrons. The van der Waals surface area contributed by atoms with Crippen LogP contribution in [0.5, 0.6) is 0 Å². The van der Waals surface area contributed by atoms with Gasteiger partial charge in [-0.3, -0.25) is 15.3 Å². The van der Waals surface area contributed by atoms with Gasteiger partial charge in [0.05, 0.1) is 6.26 Å². The molecule has 4 nitrogen and oxygen atoms in total. The van der Waals surface area contributed by atoms with E-state index in [1.807, 2.05) is 0 Å². The normalized spacial score (nSPS) is 9.20. The molecule has 0 fully saturated rings. The summed E-state index contributed by atoms with van der Waals surface area (Å²) in [5.74, 6) is -2.25. The van der Waals surface area contributed by atoms with Crippen LogP contribution in [0, 0.1) is 0 Å². The van der Waals surface area contributed by atoms with Crippen LogP contribution in [0.15, 0.2) is 22.8 Å². The predicted molar refractivity (Wildman–Crippen MR) is 31.1 cm³/mol. The number of furan rings is 1. The number of carbonyl (C=O) groups is 2. The number of hydrogen-bond donors (Lipinski definition) is 0. The Kier molecular flexibility index (Phi) is 1.53. The van der Waals surface area contributed by atoms with Crippen LogP contribution in [0.4, 0.5) is 0 Å². The van der Waals surface area contributed by atoms with Gasteiger partial charge in [0.25, 0.3) is 5.78 Å². The van der Waals surface area contributed by atoms with Crippen molar-refractivity contribution in [2.45, 2.75) is 0 Å². The van der Waals surface area contributed by atoms with Gasteiger partial charge in [-0.25, -0.2) is 0 Å². The fourth-order valence-electron chi connectivity index (χ4n) is 0.520. The van der Waals surface area contributed by atoms with Gasteiger partial charge in [0.15, 0.2) is 5.76 Å². The quantitative estimate of drug-likeness (QED) is 0.435. The molecule has 0 bridgehead atoms. The highest BCUT2D eigenvalue weighted by atomic mass is 16.3. The number of ketones is 1.